The van der Waals surface area contributed by atoms with Crippen LogP contribution in [-0.2, 0) is 0 Å². The first-order chi connectivity index (χ1) is 10.6. The van der Waals surface area contributed by atoms with Gasteiger partial charge in [0, 0.05) is 12.1 Å². The molecule has 3 N–H and O–H groups in total. The maximum atomic E-state index is 13.6. The average molecular weight is 299 g/mol. The van der Waals surface area contributed by atoms with Crippen LogP contribution >= 0.6 is 0 Å². The molecule has 0 radical (unpaired) electrons. The second-order valence-electron chi connectivity index (χ2n) is 4.85. The fourth-order valence-electron chi connectivity index (χ4n) is 2.22. The highest BCUT2D eigenvalue weighted by Gasteiger charge is 2.12. The molecule has 1 atom stereocenters. The Morgan fingerprint density at radius 1 is 1.18 bits per heavy atom. The van der Waals surface area contributed by atoms with Crippen molar-refractivity contribution >= 4 is 16.9 Å². The number of aliphatic hydroxyl groups is 1. The van der Waals surface area contributed by atoms with Crippen LogP contribution in [0, 0.1) is 5.82 Å². The van der Waals surface area contributed by atoms with Gasteiger partial charge in [-0.1, -0.05) is 30.3 Å². The molecule has 1 heterocycles. The first kappa shape index (κ1) is 14.2. The van der Waals surface area contributed by atoms with Gasteiger partial charge in [0.05, 0.1) is 17.0 Å². The summed E-state index contributed by atoms with van der Waals surface area (Å²) in [7, 11) is 0. The van der Waals surface area contributed by atoms with Crippen LogP contribution in [0.15, 0.2) is 53.3 Å². The number of rotatable bonds is 4. The van der Waals surface area contributed by atoms with E-state index in [0.29, 0.717) is 10.9 Å². The lowest BCUT2D eigenvalue weighted by atomic mass is 10.1. The van der Waals surface area contributed by atoms with Gasteiger partial charge in [-0.15, -0.1) is 0 Å². The number of hydrogen-bond acceptors (Lipinski definition) is 4. The van der Waals surface area contributed by atoms with E-state index in [1.165, 1.54) is 12.1 Å². The van der Waals surface area contributed by atoms with Crippen LogP contribution in [0.3, 0.4) is 0 Å². The standard InChI is InChI=1S/C16H14FN3O2/c17-12-7-3-1-5-10(12)14(21)9-18-16-19-13-8-4-2-6-11(13)15(22)20-16/h1-8,14,21H,9H2,(H2,18,19,20,22). The lowest BCUT2D eigenvalue weighted by molar-refractivity contribution is 0.186. The first-order valence-electron chi connectivity index (χ1n) is 6.80. The number of anilines is 1. The van der Waals surface area contributed by atoms with Gasteiger partial charge in [0.25, 0.3) is 5.56 Å². The van der Waals surface area contributed by atoms with E-state index < -0.39 is 11.9 Å². The Hall–Kier alpha value is -2.73. The first-order valence-corrected chi connectivity index (χ1v) is 6.80. The molecule has 0 spiro atoms. The molecule has 3 aromatic rings. The molecule has 1 unspecified atom stereocenters. The number of nitrogens with one attached hydrogen (secondary N) is 2. The third-order valence-corrected chi connectivity index (χ3v) is 3.34. The van der Waals surface area contributed by atoms with E-state index >= 15 is 0 Å². The lowest BCUT2D eigenvalue weighted by Crippen LogP contribution is -2.18. The second kappa shape index (κ2) is 5.95. The molecular weight excluding hydrogens is 285 g/mol. The van der Waals surface area contributed by atoms with E-state index in [1.54, 1.807) is 36.4 Å². The van der Waals surface area contributed by atoms with Crippen LogP contribution in [-0.4, -0.2) is 21.6 Å². The maximum absolute atomic E-state index is 13.6. The minimum atomic E-state index is -1.04. The van der Waals surface area contributed by atoms with Crippen LogP contribution < -0.4 is 10.9 Å². The van der Waals surface area contributed by atoms with E-state index in [1.807, 2.05) is 0 Å². The van der Waals surface area contributed by atoms with Crippen LogP contribution in [0.1, 0.15) is 11.7 Å². The normalized spacial score (nSPS) is 12.3. The van der Waals surface area contributed by atoms with Gasteiger partial charge in [0.15, 0.2) is 0 Å². The van der Waals surface area contributed by atoms with Crippen LogP contribution in [0.4, 0.5) is 10.3 Å². The third kappa shape index (κ3) is 2.82. The van der Waals surface area contributed by atoms with Crippen molar-refractivity contribution in [2.24, 2.45) is 0 Å². The summed E-state index contributed by atoms with van der Waals surface area (Å²) < 4.78 is 13.6. The predicted molar refractivity (Wildman–Crippen MR) is 82.2 cm³/mol. The molecule has 0 amide bonds. The molecule has 1 aromatic heterocycles. The Kier molecular flexibility index (Phi) is 3.84. The van der Waals surface area contributed by atoms with Crippen molar-refractivity contribution in [3.8, 4) is 0 Å². The Bertz CT molecular complexity index is 863. The quantitative estimate of drug-likeness (QED) is 0.690. The van der Waals surface area contributed by atoms with Gasteiger partial charge in [0.2, 0.25) is 5.95 Å². The average Bonchev–Trinajstić information content (AvgIpc) is 2.53. The van der Waals surface area contributed by atoms with Crippen molar-refractivity contribution in [2.75, 3.05) is 11.9 Å². The van der Waals surface area contributed by atoms with E-state index in [2.05, 4.69) is 15.3 Å². The van der Waals surface area contributed by atoms with Crippen LogP contribution in [0.25, 0.3) is 10.9 Å². The number of nitrogens with zero attached hydrogens (tertiary/aromatic N) is 1. The molecule has 0 bridgehead atoms. The van der Waals surface area contributed by atoms with Gasteiger partial charge in [-0.3, -0.25) is 9.78 Å². The van der Waals surface area contributed by atoms with Crippen molar-refractivity contribution in [3.63, 3.8) is 0 Å². The highest BCUT2D eigenvalue weighted by Crippen LogP contribution is 2.17. The second-order valence-corrected chi connectivity index (χ2v) is 4.85. The third-order valence-electron chi connectivity index (χ3n) is 3.34. The molecule has 0 saturated heterocycles. The number of fused-ring (bicyclic) bond motifs is 1. The highest BCUT2D eigenvalue weighted by molar-refractivity contribution is 5.78. The summed E-state index contributed by atoms with van der Waals surface area (Å²) in [6, 6.07) is 13.0. The van der Waals surface area contributed by atoms with Gasteiger partial charge in [-0.25, -0.2) is 9.37 Å². The summed E-state index contributed by atoms with van der Waals surface area (Å²) >= 11 is 0. The zero-order chi connectivity index (χ0) is 15.5. The monoisotopic (exact) mass is 299 g/mol. The highest BCUT2D eigenvalue weighted by atomic mass is 19.1. The summed E-state index contributed by atoms with van der Waals surface area (Å²) in [4.78, 5) is 18.8. The molecule has 5 nitrogen and oxygen atoms in total. The molecular formula is C16H14FN3O2. The zero-order valence-corrected chi connectivity index (χ0v) is 11.6. The molecule has 2 aromatic carbocycles. The Labute approximate surface area is 125 Å². The number of hydrogen-bond donors (Lipinski definition) is 3. The number of para-hydroxylation sites is 1. The summed E-state index contributed by atoms with van der Waals surface area (Å²) in [5, 5.41) is 13.3. The minimum absolute atomic E-state index is 0.0300. The number of H-pyrrole nitrogens is 1. The fraction of sp³-hybridized carbons (Fsp3) is 0.125. The Balaban J connectivity index is 1.79. The maximum Gasteiger partial charge on any atom is 0.260 e. The van der Waals surface area contributed by atoms with Gasteiger partial charge in [-0.2, -0.15) is 0 Å². The van der Waals surface area contributed by atoms with Gasteiger partial charge in [0.1, 0.15) is 5.82 Å². The van der Waals surface area contributed by atoms with Crippen LogP contribution in [0.5, 0.6) is 0 Å². The number of halogens is 1. The van der Waals surface area contributed by atoms with Crippen LogP contribution in [0.2, 0.25) is 0 Å². The van der Waals surface area contributed by atoms with Crippen molar-refractivity contribution in [1.29, 1.82) is 0 Å². The Morgan fingerprint density at radius 3 is 2.73 bits per heavy atom. The topological polar surface area (TPSA) is 78.0 Å². The number of benzene rings is 2. The molecule has 112 valence electrons. The molecule has 3 rings (SSSR count). The van der Waals surface area contributed by atoms with Crippen molar-refractivity contribution in [3.05, 3.63) is 70.3 Å². The molecule has 0 aliphatic heterocycles. The molecule has 22 heavy (non-hydrogen) atoms. The van der Waals surface area contributed by atoms with Gasteiger partial charge >= 0.3 is 0 Å². The smallest absolute Gasteiger partial charge is 0.260 e. The molecule has 0 aliphatic rings. The summed E-state index contributed by atoms with van der Waals surface area (Å²) in [6.45, 7) is 0.0300. The van der Waals surface area contributed by atoms with E-state index in [0.717, 1.165) is 0 Å². The van der Waals surface area contributed by atoms with Gasteiger partial charge in [-0.05, 0) is 18.2 Å². The molecule has 0 fully saturated rings. The summed E-state index contributed by atoms with van der Waals surface area (Å²) in [6.07, 6.45) is -1.04. The van der Waals surface area contributed by atoms with Crippen molar-refractivity contribution in [2.45, 2.75) is 6.10 Å². The summed E-state index contributed by atoms with van der Waals surface area (Å²) in [5.41, 5.74) is 0.473. The minimum Gasteiger partial charge on any atom is -0.386 e. The fourth-order valence-corrected chi connectivity index (χ4v) is 2.22. The van der Waals surface area contributed by atoms with E-state index in [-0.39, 0.29) is 23.6 Å². The van der Waals surface area contributed by atoms with Gasteiger partial charge < -0.3 is 10.4 Å². The molecule has 0 aliphatic carbocycles. The Morgan fingerprint density at radius 2 is 1.91 bits per heavy atom. The summed E-state index contributed by atoms with van der Waals surface area (Å²) in [5.74, 6) is -0.240. The SMILES string of the molecule is O=c1[nH]c(NCC(O)c2ccccc2F)nc2ccccc12. The number of aliphatic hydroxyl groups excluding tert-OH is 1. The largest absolute Gasteiger partial charge is 0.386 e. The molecule has 6 heteroatoms. The number of aromatic amines is 1. The molecule has 0 saturated carbocycles. The number of aromatic nitrogens is 2. The van der Waals surface area contributed by atoms with Crippen molar-refractivity contribution < 1.29 is 9.50 Å². The lowest BCUT2D eigenvalue weighted by Gasteiger charge is -2.13. The van der Waals surface area contributed by atoms with E-state index in [9.17, 15) is 14.3 Å². The van der Waals surface area contributed by atoms with Crippen molar-refractivity contribution in [1.82, 2.24) is 9.97 Å². The zero-order valence-electron chi connectivity index (χ0n) is 11.6. The van der Waals surface area contributed by atoms with E-state index in [4.69, 9.17) is 0 Å². The predicted octanol–water partition coefficient (Wildman–Crippen LogP) is 2.21.